The lowest BCUT2D eigenvalue weighted by molar-refractivity contribution is -0.0209. The molecule has 0 radical (unpaired) electrons. The van der Waals surface area contributed by atoms with Gasteiger partial charge < -0.3 is 14.2 Å². The van der Waals surface area contributed by atoms with Gasteiger partial charge in [0, 0.05) is 28.6 Å². The van der Waals surface area contributed by atoms with E-state index in [4.69, 9.17) is 30.9 Å². The lowest BCUT2D eigenvalue weighted by atomic mass is 9.95. The van der Waals surface area contributed by atoms with Gasteiger partial charge in [-0.3, -0.25) is 0 Å². The number of nitrogens with zero attached hydrogens (tertiary/aromatic N) is 2. The number of hydrogen-bond acceptors (Lipinski definition) is 6. The van der Waals surface area contributed by atoms with Gasteiger partial charge in [-0.2, -0.15) is 5.10 Å². The third-order valence-electron chi connectivity index (χ3n) is 5.76. The summed E-state index contributed by atoms with van der Waals surface area (Å²) in [7, 11) is 2.96. The van der Waals surface area contributed by atoms with Gasteiger partial charge in [-0.05, 0) is 23.8 Å². The Morgan fingerprint density at radius 2 is 1.84 bits per heavy atom. The second kappa shape index (κ2) is 8.20. The van der Waals surface area contributed by atoms with Crippen LogP contribution in [0.5, 0.6) is 11.5 Å². The van der Waals surface area contributed by atoms with Crippen LogP contribution in [0.25, 0.3) is 0 Å². The van der Waals surface area contributed by atoms with Gasteiger partial charge in [0.25, 0.3) is 0 Å². The Labute approximate surface area is 191 Å². The zero-order valence-electron chi connectivity index (χ0n) is 17.6. The monoisotopic (exact) mass is 448 g/mol. The number of ether oxygens (including phenoxy) is 3. The number of fused-ring (bicyclic) bond motifs is 3. The number of benzene rings is 3. The molecule has 0 saturated carbocycles. The number of hydrazone groups is 1. The summed E-state index contributed by atoms with van der Waals surface area (Å²) in [6, 6.07) is 20.9. The van der Waals surface area contributed by atoms with Gasteiger partial charge in [-0.15, -0.1) is 0 Å². The Balaban J connectivity index is 1.60. The minimum atomic E-state index is -0.490. The first-order valence-electron chi connectivity index (χ1n) is 10.2. The molecule has 2 unspecified atom stereocenters. The molecule has 0 spiro atoms. The Morgan fingerprint density at radius 3 is 2.53 bits per heavy atom. The Hall–Kier alpha value is -3.51. The number of halogens is 1. The van der Waals surface area contributed by atoms with Crippen molar-refractivity contribution >= 4 is 23.3 Å². The van der Waals surface area contributed by atoms with Crippen LogP contribution >= 0.6 is 11.6 Å². The zero-order valence-corrected chi connectivity index (χ0v) is 18.4. The maximum atomic E-state index is 11.8. The van der Waals surface area contributed by atoms with Crippen LogP contribution in [0.15, 0.2) is 71.8 Å². The summed E-state index contributed by atoms with van der Waals surface area (Å²) in [6.45, 7) is 0. The number of methoxy groups -OCH3 is 2. The second-order valence-corrected chi connectivity index (χ2v) is 8.06. The van der Waals surface area contributed by atoms with Gasteiger partial charge >= 0.3 is 5.97 Å². The molecule has 2 aliphatic rings. The lowest BCUT2D eigenvalue weighted by Crippen LogP contribution is -2.34. The number of hydrogen-bond donors (Lipinski definition) is 0. The number of carbonyl (C=O) groups is 1. The van der Waals surface area contributed by atoms with E-state index in [1.54, 1.807) is 25.3 Å². The van der Waals surface area contributed by atoms with Crippen molar-refractivity contribution < 1.29 is 19.0 Å². The fourth-order valence-electron chi connectivity index (χ4n) is 4.20. The third kappa shape index (κ3) is 3.46. The smallest absolute Gasteiger partial charge is 0.337 e. The van der Waals surface area contributed by atoms with Crippen molar-refractivity contribution in [2.75, 3.05) is 14.2 Å². The summed E-state index contributed by atoms with van der Waals surface area (Å²) in [5, 5.41) is 7.49. The van der Waals surface area contributed by atoms with Gasteiger partial charge in [-0.1, -0.05) is 54.1 Å². The van der Waals surface area contributed by atoms with E-state index in [1.807, 2.05) is 41.4 Å². The standard InChI is InChI=1S/C25H21ClN2O4/c1-30-22-13-18(26)12-19-21-14-20(15-6-4-3-5-7-15)27-28(21)24(32-23(19)22)16-8-10-17(11-9-16)25(29)31-2/h3-13,21,24H,14H2,1-2H3. The molecule has 0 saturated heterocycles. The molecule has 6 nitrogen and oxygen atoms in total. The number of rotatable bonds is 4. The molecule has 0 fully saturated rings. The molecule has 3 aromatic rings. The van der Waals surface area contributed by atoms with Crippen LogP contribution < -0.4 is 9.47 Å². The molecular weight excluding hydrogens is 428 g/mol. The molecular formula is C25H21ClN2O4. The fraction of sp³-hybridized carbons (Fsp3) is 0.200. The van der Waals surface area contributed by atoms with E-state index in [0.29, 0.717) is 28.5 Å². The summed E-state index contributed by atoms with van der Waals surface area (Å²) in [5.74, 6) is 0.854. The molecule has 2 aliphatic heterocycles. The topological polar surface area (TPSA) is 60.4 Å². The normalized spacial score (nSPS) is 18.8. The maximum absolute atomic E-state index is 11.8. The summed E-state index contributed by atoms with van der Waals surface area (Å²) >= 11 is 6.38. The Morgan fingerprint density at radius 1 is 1.09 bits per heavy atom. The summed E-state index contributed by atoms with van der Waals surface area (Å²) < 4.78 is 16.8. The largest absolute Gasteiger partial charge is 0.493 e. The quantitative estimate of drug-likeness (QED) is 0.501. The average Bonchev–Trinajstić information content (AvgIpc) is 3.29. The molecule has 5 rings (SSSR count). The molecule has 0 N–H and O–H groups in total. The molecule has 0 aliphatic carbocycles. The number of esters is 1. The van der Waals surface area contributed by atoms with Crippen LogP contribution in [0.3, 0.4) is 0 Å². The van der Waals surface area contributed by atoms with E-state index in [0.717, 1.165) is 22.4 Å². The predicted molar refractivity (Wildman–Crippen MR) is 121 cm³/mol. The highest BCUT2D eigenvalue weighted by Gasteiger charge is 2.42. The van der Waals surface area contributed by atoms with Crippen LogP contribution in [-0.2, 0) is 4.74 Å². The third-order valence-corrected chi connectivity index (χ3v) is 5.98. The molecule has 0 aromatic heterocycles. The molecule has 32 heavy (non-hydrogen) atoms. The first-order valence-corrected chi connectivity index (χ1v) is 10.6. The first-order chi connectivity index (χ1) is 15.6. The molecule has 0 bridgehead atoms. The van der Waals surface area contributed by atoms with Crippen molar-refractivity contribution in [3.63, 3.8) is 0 Å². The molecule has 3 aromatic carbocycles. The van der Waals surface area contributed by atoms with Crippen molar-refractivity contribution in [1.29, 1.82) is 0 Å². The summed E-state index contributed by atoms with van der Waals surface area (Å²) in [6.07, 6.45) is 0.219. The average molecular weight is 449 g/mol. The fourth-order valence-corrected chi connectivity index (χ4v) is 4.42. The van der Waals surface area contributed by atoms with Crippen molar-refractivity contribution in [3.8, 4) is 11.5 Å². The minimum Gasteiger partial charge on any atom is -0.493 e. The second-order valence-electron chi connectivity index (χ2n) is 7.62. The van der Waals surface area contributed by atoms with Gasteiger partial charge in [0.2, 0.25) is 6.23 Å². The van der Waals surface area contributed by atoms with E-state index >= 15 is 0 Å². The van der Waals surface area contributed by atoms with Crippen molar-refractivity contribution in [1.82, 2.24) is 5.01 Å². The van der Waals surface area contributed by atoms with Gasteiger partial charge in [0.1, 0.15) is 0 Å². The van der Waals surface area contributed by atoms with Crippen LogP contribution in [0.1, 0.15) is 45.7 Å². The highest BCUT2D eigenvalue weighted by atomic mass is 35.5. The molecule has 0 amide bonds. The van der Waals surface area contributed by atoms with Crippen LogP contribution in [0.2, 0.25) is 5.02 Å². The van der Waals surface area contributed by atoms with E-state index in [9.17, 15) is 4.79 Å². The molecule has 162 valence electrons. The van der Waals surface area contributed by atoms with Gasteiger partial charge in [-0.25, -0.2) is 9.80 Å². The highest BCUT2D eigenvalue weighted by Crippen LogP contribution is 2.51. The van der Waals surface area contributed by atoms with Crippen molar-refractivity contribution in [3.05, 3.63) is 94.0 Å². The van der Waals surface area contributed by atoms with Crippen molar-refractivity contribution in [2.24, 2.45) is 5.10 Å². The van der Waals surface area contributed by atoms with Crippen LogP contribution in [-0.4, -0.2) is 30.9 Å². The Kier molecular flexibility index (Phi) is 5.23. The zero-order chi connectivity index (χ0) is 22.2. The maximum Gasteiger partial charge on any atom is 0.337 e. The van der Waals surface area contributed by atoms with Crippen molar-refractivity contribution in [2.45, 2.75) is 18.7 Å². The molecule has 2 atom stereocenters. The van der Waals surface area contributed by atoms with E-state index < -0.39 is 6.23 Å². The van der Waals surface area contributed by atoms with E-state index in [-0.39, 0.29) is 12.0 Å². The molecule has 2 heterocycles. The predicted octanol–water partition coefficient (Wildman–Crippen LogP) is 5.38. The lowest BCUT2D eigenvalue weighted by Gasteiger charge is -2.38. The minimum absolute atomic E-state index is 0.0631. The summed E-state index contributed by atoms with van der Waals surface area (Å²) in [5.41, 5.74) is 4.32. The van der Waals surface area contributed by atoms with E-state index in [1.165, 1.54) is 7.11 Å². The Bertz CT molecular complexity index is 1190. The summed E-state index contributed by atoms with van der Waals surface area (Å²) in [4.78, 5) is 11.8. The van der Waals surface area contributed by atoms with Gasteiger partial charge in [0.05, 0.1) is 31.5 Å². The van der Waals surface area contributed by atoms with Crippen LogP contribution in [0, 0.1) is 0 Å². The van der Waals surface area contributed by atoms with Gasteiger partial charge in [0.15, 0.2) is 11.5 Å². The number of carbonyl (C=O) groups excluding carboxylic acids is 1. The SMILES string of the molecule is COC(=O)c1ccc(C2Oc3c(OC)cc(Cl)cc3C3CC(c4ccccc4)=NN32)cc1. The van der Waals surface area contributed by atoms with E-state index in [2.05, 4.69) is 12.1 Å². The first kappa shape index (κ1) is 20.4. The van der Waals surface area contributed by atoms with Crippen LogP contribution in [0.4, 0.5) is 0 Å². The molecule has 7 heteroatoms. The highest BCUT2D eigenvalue weighted by molar-refractivity contribution is 6.30.